The molecule has 8 aromatic carbocycles. The highest BCUT2D eigenvalue weighted by molar-refractivity contribution is 7.99. The maximum atomic E-state index is 7.00. The number of aromatic nitrogens is 3. The Balaban J connectivity index is 1.12. The summed E-state index contributed by atoms with van der Waals surface area (Å²) in [4.78, 5) is 19.5. The molecule has 0 amide bonds. The molecule has 2 aliphatic rings. The third-order valence-corrected chi connectivity index (χ3v) is 11.4. The molecular formula is C49H30N4OS. The molecule has 1 aromatic heterocycles. The fourth-order valence-electron chi connectivity index (χ4n) is 7.70. The van der Waals surface area contributed by atoms with Crippen molar-refractivity contribution < 1.29 is 4.74 Å². The predicted molar refractivity (Wildman–Crippen MR) is 223 cm³/mol. The third kappa shape index (κ3) is 5.38. The van der Waals surface area contributed by atoms with Crippen LogP contribution in [0.2, 0.25) is 0 Å². The lowest BCUT2D eigenvalue weighted by Gasteiger charge is -2.30. The van der Waals surface area contributed by atoms with Crippen molar-refractivity contribution in [1.29, 1.82) is 0 Å². The van der Waals surface area contributed by atoms with Crippen LogP contribution in [-0.4, -0.2) is 15.0 Å². The van der Waals surface area contributed by atoms with Gasteiger partial charge in [0.1, 0.15) is 5.75 Å². The molecular weight excluding hydrogens is 693 g/mol. The normalized spacial score (nSPS) is 12.4. The van der Waals surface area contributed by atoms with Crippen LogP contribution in [0, 0.1) is 0 Å². The van der Waals surface area contributed by atoms with Crippen LogP contribution in [0.25, 0.3) is 67.2 Å². The van der Waals surface area contributed by atoms with Crippen LogP contribution >= 0.6 is 11.8 Å². The van der Waals surface area contributed by atoms with Gasteiger partial charge in [-0.15, -0.1) is 0 Å². The van der Waals surface area contributed by atoms with Gasteiger partial charge in [0.15, 0.2) is 23.2 Å². The first-order valence-electron chi connectivity index (χ1n) is 18.3. The maximum Gasteiger partial charge on any atom is 0.165 e. The molecule has 0 unspecified atom stereocenters. The Morgan fingerprint density at radius 1 is 0.400 bits per heavy atom. The van der Waals surface area contributed by atoms with Crippen molar-refractivity contribution >= 4 is 39.6 Å². The Morgan fingerprint density at radius 2 is 1.00 bits per heavy atom. The number of rotatable bonds is 5. The molecule has 9 aromatic rings. The lowest BCUT2D eigenvalue weighted by Crippen LogP contribution is -2.12. The van der Waals surface area contributed by atoms with Crippen LogP contribution < -0.4 is 9.64 Å². The number of nitrogens with zero attached hydrogens (tertiary/aromatic N) is 4. The Kier molecular flexibility index (Phi) is 7.35. The van der Waals surface area contributed by atoms with E-state index in [4.69, 9.17) is 19.7 Å². The number of benzene rings is 8. The Bertz CT molecular complexity index is 2880. The lowest BCUT2D eigenvalue weighted by molar-refractivity contribution is 0.462. The van der Waals surface area contributed by atoms with E-state index in [1.54, 1.807) is 11.8 Å². The number of hydrogen-bond acceptors (Lipinski definition) is 6. The van der Waals surface area contributed by atoms with E-state index in [0.29, 0.717) is 17.5 Å². The molecule has 2 bridgehead atoms. The highest BCUT2D eigenvalue weighted by Crippen LogP contribution is 2.58. The van der Waals surface area contributed by atoms with E-state index in [9.17, 15) is 0 Å². The molecule has 0 fully saturated rings. The minimum Gasteiger partial charge on any atom is -0.452 e. The fourth-order valence-corrected chi connectivity index (χ4v) is 8.70. The molecule has 0 saturated heterocycles. The van der Waals surface area contributed by atoms with Gasteiger partial charge in [0.2, 0.25) is 0 Å². The molecule has 3 heterocycles. The van der Waals surface area contributed by atoms with Gasteiger partial charge in [-0.05, 0) is 64.5 Å². The average molecular weight is 723 g/mol. The van der Waals surface area contributed by atoms with Crippen molar-refractivity contribution in [3.63, 3.8) is 0 Å². The summed E-state index contributed by atoms with van der Waals surface area (Å²) in [7, 11) is 0. The smallest absolute Gasteiger partial charge is 0.165 e. The monoisotopic (exact) mass is 722 g/mol. The number of ether oxygens (including phenoxy) is 1. The van der Waals surface area contributed by atoms with Gasteiger partial charge in [-0.1, -0.05) is 151 Å². The summed E-state index contributed by atoms with van der Waals surface area (Å²) in [6.07, 6.45) is 0. The van der Waals surface area contributed by atoms with Crippen LogP contribution in [-0.2, 0) is 0 Å². The molecule has 55 heavy (non-hydrogen) atoms. The van der Waals surface area contributed by atoms with Crippen molar-refractivity contribution in [2.45, 2.75) is 9.79 Å². The standard InChI is InChI=1S/C49H30N4OS/c1-4-13-32(14-5-1)47-50-48(33-15-6-2-7-16-33)52-49(51-47)36-19-10-18-34(29-36)35-25-27-38-39-22-11-17-31-26-28-43-46(44(31)39)54-45-40(23-12-24-42(45)55-43)53(41(38)30-35)37-20-8-3-9-21-37/h1-30H. The first-order valence-corrected chi connectivity index (χ1v) is 19.1. The van der Waals surface area contributed by atoms with Crippen molar-refractivity contribution in [2.75, 3.05) is 4.90 Å². The molecule has 6 heteroatoms. The van der Waals surface area contributed by atoms with Gasteiger partial charge in [0, 0.05) is 33.3 Å². The molecule has 0 aliphatic carbocycles. The average Bonchev–Trinajstić information content (AvgIpc) is 3.31. The van der Waals surface area contributed by atoms with Gasteiger partial charge in [-0.25, -0.2) is 15.0 Å². The minimum absolute atomic E-state index is 0.622. The summed E-state index contributed by atoms with van der Waals surface area (Å²) in [6, 6.07) is 63.5. The molecule has 5 nitrogen and oxygen atoms in total. The van der Waals surface area contributed by atoms with E-state index in [0.717, 1.165) is 88.1 Å². The first-order chi connectivity index (χ1) is 27.2. The SMILES string of the molecule is c1ccc(-c2nc(-c3ccccc3)nc(-c3cccc(-c4ccc5c(c4)N(c4ccccc4)c4cccc6c4Oc4c(ccc7cccc-5c47)S6)c3)n2)cc1. The van der Waals surface area contributed by atoms with Crippen molar-refractivity contribution in [3.8, 4) is 67.9 Å². The van der Waals surface area contributed by atoms with E-state index in [2.05, 4.69) is 126 Å². The van der Waals surface area contributed by atoms with Gasteiger partial charge in [-0.3, -0.25) is 0 Å². The summed E-state index contributed by atoms with van der Waals surface area (Å²) in [5.74, 6) is 3.68. The van der Waals surface area contributed by atoms with E-state index >= 15 is 0 Å². The highest BCUT2D eigenvalue weighted by atomic mass is 32.2. The first kappa shape index (κ1) is 31.5. The highest BCUT2D eigenvalue weighted by Gasteiger charge is 2.31. The second kappa shape index (κ2) is 12.8. The maximum absolute atomic E-state index is 7.00. The van der Waals surface area contributed by atoms with Gasteiger partial charge in [0.05, 0.1) is 21.2 Å². The molecule has 2 aliphatic heterocycles. The lowest BCUT2D eigenvalue weighted by atomic mass is 9.93. The van der Waals surface area contributed by atoms with Crippen LogP contribution in [0.3, 0.4) is 0 Å². The predicted octanol–water partition coefficient (Wildman–Crippen LogP) is 13.4. The third-order valence-electron chi connectivity index (χ3n) is 10.3. The number of fused-ring (bicyclic) bond motifs is 2. The summed E-state index contributed by atoms with van der Waals surface area (Å²) >= 11 is 1.77. The van der Waals surface area contributed by atoms with Gasteiger partial charge >= 0.3 is 0 Å². The Morgan fingerprint density at radius 3 is 1.75 bits per heavy atom. The zero-order valence-electron chi connectivity index (χ0n) is 29.4. The molecule has 0 spiro atoms. The summed E-state index contributed by atoms with van der Waals surface area (Å²) < 4.78 is 7.00. The van der Waals surface area contributed by atoms with Gasteiger partial charge in [0.25, 0.3) is 0 Å². The zero-order valence-corrected chi connectivity index (χ0v) is 30.2. The van der Waals surface area contributed by atoms with Crippen molar-refractivity contribution in [1.82, 2.24) is 15.0 Å². The Labute approximate surface area is 322 Å². The van der Waals surface area contributed by atoms with Crippen molar-refractivity contribution in [2.24, 2.45) is 0 Å². The molecule has 0 N–H and O–H groups in total. The molecule has 0 atom stereocenters. The number of hydrogen-bond donors (Lipinski definition) is 0. The molecule has 258 valence electrons. The largest absolute Gasteiger partial charge is 0.452 e. The van der Waals surface area contributed by atoms with E-state index < -0.39 is 0 Å². The van der Waals surface area contributed by atoms with Crippen LogP contribution in [0.1, 0.15) is 0 Å². The molecule has 11 rings (SSSR count). The number of para-hydroxylation sites is 2. The second-order valence-corrected chi connectivity index (χ2v) is 14.7. The van der Waals surface area contributed by atoms with E-state index in [1.807, 2.05) is 60.7 Å². The second-order valence-electron chi connectivity index (χ2n) is 13.6. The molecule has 0 radical (unpaired) electrons. The van der Waals surface area contributed by atoms with Crippen LogP contribution in [0.15, 0.2) is 192 Å². The van der Waals surface area contributed by atoms with E-state index in [-0.39, 0.29) is 0 Å². The summed E-state index contributed by atoms with van der Waals surface area (Å²) in [6.45, 7) is 0. The van der Waals surface area contributed by atoms with Gasteiger partial charge in [-0.2, -0.15) is 0 Å². The van der Waals surface area contributed by atoms with Crippen LogP contribution in [0.4, 0.5) is 17.1 Å². The van der Waals surface area contributed by atoms with Gasteiger partial charge < -0.3 is 9.64 Å². The topological polar surface area (TPSA) is 51.1 Å². The van der Waals surface area contributed by atoms with Crippen LogP contribution in [0.5, 0.6) is 11.5 Å². The van der Waals surface area contributed by atoms with E-state index in [1.165, 1.54) is 0 Å². The van der Waals surface area contributed by atoms with Crippen molar-refractivity contribution in [3.05, 3.63) is 182 Å². The minimum atomic E-state index is 0.622. The summed E-state index contributed by atoms with van der Waals surface area (Å²) in [5, 5.41) is 2.27. The summed E-state index contributed by atoms with van der Waals surface area (Å²) in [5.41, 5.74) is 10.3. The Hall–Kier alpha value is -7.02. The number of anilines is 3. The zero-order chi connectivity index (χ0) is 36.3. The molecule has 0 saturated carbocycles. The fraction of sp³-hybridized carbons (Fsp3) is 0. The quantitative estimate of drug-likeness (QED) is 0.176.